The number of allylic oxidation sites excluding steroid dienone is 1. The van der Waals surface area contributed by atoms with E-state index in [-0.39, 0.29) is 22.2 Å². The van der Waals surface area contributed by atoms with E-state index in [1.165, 1.54) is 22.9 Å². The molecule has 1 aliphatic carbocycles. The first-order valence-electron chi connectivity index (χ1n) is 7.98. The number of carbonyl (C=O) groups excluding carboxylic acids is 1. The number of fused-ring (bicyclic) bond motifs is 1. The molecule has 0 bridgehead atoms. The first-order valence-corrected chi connectivity index (χ1v) is 7.98. The fourth-order valence-corrected chi connectivity index (χ4v) is 3.49. The average Bonchev–Trinajstić information content (AvgIpc) is 2.84. The van der Waals surface area contributed by atoms with Crippen LogP contribution < -0.4 is 11.5 Å². The highest BCUT2D eigenvalue weighted by Gasteiger charge is 2.43. The number of nitrogens with zero attached hydrogens (tertiary/aromatic N) is 2. The molecule has 0 saturated heterocycles. The fourth-order valence-electron chi connectivity index (χ4n) is 3.49. The van der Waals surface area contributed by atoms with Crippen LogP contribution in [0.4, 0.5) is 18.9 Å². The third-order valence-corrected chi connectivity index (χ3v) is 4.49. The van der Waals surface area contributed by atoms with Gasteiger partial charge in [0, 0.05) is 11.3 Å². The lowest BCUT2D eigenvalue weighted by atomic mass is 9.74. The van der Waals surface area contributed by atoms with Crippen LogP contribution in [0.15, 0.2) is 24.8 Å². The maximum Gasteiger partial charge on any atom is 0.435 e. The van der Waals surface area contributed by atoms with Crippen molar-refractivity contribution in [2.45, 2.75) is 32.9 Å². The number of hydrogen-bond donors (Lipinski definition) is 2. The summed E-state index contributed by atoms with van der Waals surface area (Å²) in [5, 5.41) is 3.82. The van der Waals surface area contributed by atoms with Gasteiger partial charge in [0.15, 0.2) is 5.69 Å². The van der Waals surface area contributed by atoms with Crippen LogP contribution in [0.2, 0.25) is 0 Å². The van der Waals surface area contributed by atoms with Crippen LogP contribution in [0.5, 0.6) is 0 Å². The largest absolute Gasteiger partial charge is 0.435 e. The minimum atomic E-state index is -4.60. The molecule has 3 rings (SSSR count). The molecular formula is C18H19F3N4O. The highest BCUT2D eigenvalue weighted by molar-refractivity contribution is 5.98. The van der Waals surface area contributed by atoms with E-state index in [4.69, 9.17) is 11.5 Å². The van der Waals surface area contributed by atoms with Gasteiger partial charge < -0.3 is 11.5 Å². The fraction of sp³-hybridized carbons (Fsp3) is 0.333. The molecule has 0 fully saturated rings. The molecule has 1 heterocycles. The first-order chi connectivity index (χ1) is 11.9. The van der Waals surface area contributed by atoms with E-state index in [0.717, 1.165) is 0 Å². The van der Waals surface area contributed by atoms with Gasteiger partial charge in [-0.15, -0.1) is 0 Å². The topological polar surface area (TPSA) is 86.9 Å². The Labute approximate surface area is 148 Å². The molecule has 0 spiro atoms. The van der Waals surface area contributed by atoms with E-state index in [9.17, 15) is 18.0 Å². The van der Waals surface area contributed by atoms with Crippen LogP contribution >= 0.6 is 0 Å². The van der Waals surface area contributed by atoms with Crippen LogP contribution in [0.25, 0.3) is 11.3 Å². The smallest absolute Gasteiger partial charge is 0.398 e. The highest BCUT2D eigenvalue weighted by Crippen LogP contribution is 2.46. The third-order valence-electron chi connectivity index (χ3n) is 4.49. The SMILES string of the molecule is C=C1CC(C)(C)Cc2c1c(C(F)(F)F)nn2-c1ccc(C(N)=O)c(N)c1. The summed E-state index contributed by atoms with van der Waals surface area (Å²) in [6.45, 7) is 7.79. The zero-order valence-corrected chi connectivity index (χ0v) is 14.4. The van der Waals surface area contributed by atoms with Gasteiger partial charge in [-0.2, -0.15) is 18.3 Å². The summed E-state index contributed by atoms with van der Waals surface area (Å²) >= 11 is 0. The van der Waals surface area contributed by atoms with Crippen molar-refractivity contribution < 1.29 is 18.0 Å². The van der Waals surface area contributed by atoms with Gasteiger partial charge in [0.05, 0.1) is 16.9 Å². The summed E-state index contributed by atoms with van der Waals surface area (Å²) in [7, 11) is 0. The van der Waals surface area contributed by atoms with E-state index < -0.39 is 17.8 Å². The molecule has 1 aromatic heterocycles. The van der Waals surface area contributed by atoms with E-state index in [2.05, 4.69) is 11.7 Å². The Morgan fingerprint density at radius 3 is 2.50 bits per heavy atom. The second kappa shape index (κ2) is 5.62. The van der Waals surface area contributed by atoms with Crippen molar-refractivity contribution >= 4 is 17.2 Å². The number of anilines is 1. The molecule has 0 unspecified atom stereocenters. The Hall–Kier alpha value is -2.77. The molecule has 5 nitrogen and oxygen atoms in total. The molecule has 4 N–H and O–H groups in total. The molecule has 1 aromatic carbocycles. The molecule has 0 saturated carbocycles. The summed E-state index contributed by atoms with van der Waals surface area (Å²) in [5.41, 5.74) is 11.3. The molecule has 0 aliphatic heterocycles. The number of alkyl halides is 3. The lowest BCUT2D eigenvalue weighted by Crippen LogP contribution is -2.23. The van der Waals surface area contributed by atoms with Gasteiger partial charge in [-0.05, 0) is 42.0 Å². The van der Waals surface area contributed by atoms with Crippen molar-refractivity contribution in [2.24, 2.45) is 11.1 Å². The Bertz CT molecular complexity index is 925. The number of carbonyl (C=O) groups is 1. The average molecular weight is 364 g/mol. The summed E-state index contributed by atoms with van der Waals surface area (Å²) in [4.78, 5) is 11.3. The minimum Gasteiger partial charge on any atom is -0.398 e. The standard InChI is InChI=1S/C18H19F3N4O/c1-9-7-17(2,3)8-13-14(9)15(18(19,20)21)24-25(13)10-4-5-11(16(23)26)12(22)6-10/h4-6H,1,7-8,22H2,2-3H3,(H2,23,26). The number of nitrogens with two attached hydrogens (primary N) is 2. The molecular weight excluding hydrogens is 345 g/mol. The van der Waals surface area contributed by atoms with Gasteiger partial charge in [0.2, 0.25) is 0 Å². The van der Waals surface area contributed by atoms with Crippen LogP contribution in [0.3, 0.4) is 0 Å². The molecule has 2 aromatic rings. The second-order valence-corrected chi connectivity index (χ2v) is 7.34. The van der Waals surface area contributed by atoms with Gasteiger partial charge in [0.1, 0.15) is 0 Å². The summed E-state index contributed by atoms with van der Waals surface area (Å²) in [5.74, 6) is -0.706. The number of amides is 1. The predicted molar refractivity (Wildman–Crippen MR) is 92.6 cm³/mol. The first kappa shape index (κ1) is 18.0. The Morgan fingerprint density at radius 1 is 1.31 bits per heavy atom. The Morgan fingerprint density at radius 2 is 1.96 bits per heavy atom. The number of nitrogen functional groups attached to an aromatic ring is 1. The zero-order valence-electron chi connectivity index (χ0n) is 14.4. The van der Waals surface area contributed by atoms with Gasteiger partial charge in [-0.3, -0.25) is 4.79 Å². The normalized spacial score (nSPS) is 16.4. The summed E-state index contributed by atoms with van der Waals surface area (Å²) in [6, 6.07) is 4.27. The van der Waals surface area contributed by atoms with Crippen molar-refractivity contribution in [2.75, 3.05) is 5.73 Å². The maximum absolute atomic E-state index is 13.5. The summed E-state index contributed by atoms with van der Waals surface area (Å²) < 4.78 is 41.8. The molecule has 1 amide bonds. The molecule has 8 heteroatoms. The number of halogens is 3. The van der Waals surface area contributed by atoms with Crippen molar-refractivity contribution in [3.05, 3.63) is 47.3 Å². The number of aromatic nitrogens is 2. The van der Waals surface area contributed by atoms with Gasteiger partial charge in [-0.25, -0.2) is 4.68 Å². The van der Waals surface area contributed by atoms with Gasteiger partial charge in [-0.1, -0.05) is 20.4 Å². The lowest BCUT2D eigenvalue weighted by Gasteiger charge is -2.31. The predicted octanol–water partition coefficient (Wildman–Crippen LogP) is 3.56. The second-order valence-electron chi connectivity index (χ2n) is 7.34. The van der Waals surface area contributed by atoms with Crippen LogP contribution in [0, 0.1) is 5.41 Å². The van der Waals surface area contributed by atoms with E-state index in [1.54, 1.807) is 0 Å². The van der Waals surface area contributed by atoms with Crippen molar-refractivity contribution in [3.63, 3.8) is 0 Å². The third kappa shape index (κ3) is 2.95. The van der Waals surface area contributed by atoms with Crippen LogP contribution in [-0.4, -0.2) is 15.7 Å². The van der Waals surface area contributed by atoms with Crippen molar-refractivity contribution in [1.82, 2.24) is 9.78 Å². The quantitative estimate of drug-likeness (QED) is 0.799. The number of benzene rings is 1. The van der Waals surface area contributed by atoms with Crippen molar-refractivity contribution in [1.29, 1.82) is 0 Å². The molecule has 26 heavy (non-hydrogen) atoms. The molecule has 138 valence electrons. The van der Waals surface area contributed by atoms with E-state index >= 15 is 0 Å². The minimum absolute atomic E-state index is 0.0503. The Kier molecular flexibility index (Phi) is 3.90. The van der Waals surface area contributed by atoms with Crippen molar-refractivity contribution in [3.8, 4) is 5.69 Å². The number of primary amides is 1. The monoisotopic (exact) mass is 364 g/mol. The highest BCUT2D eigenvalue weighted by atomic mass is 19.4. The Balaban J connectivity index is 2.25. The van der Waals surface area contributed by atoms with E-state index in [1.807, 2.05) is 13.8 Å². The van der Waals surface area contributed by atoms with Crippen LogP contribution in [0.1, 0.15) is 47.6 Å². The molecule has 1 aliphatic rings. The molecule has 0 radical (unpaired) electrons. The van der Waals surface area contributed by atoms with Gasteiger partial charge in [0.25, 0.3) is 5.91 Å². The summed E-state index contributed by atoms with van der Waals surface area (Å²) in [6.07, 6.45) is -3.74. The number of rotatable bonds is 2. The zero-order chi connectivity index (χ0) is 19.4. The van der Waals surface area contributed by atoms with E-state index in [0.29, 0.717) is 29.8 Å². The maximum atomic E-state index is 13.5. The number of hydrogen-bond acceptors (Lipinski definition) is 3. The van der Waals surface area contributed by atoms with Crippen LogP contribution in [-0.2, 0) is 12.6 Å². The van der Waals surface area contributed by atoms with Gasteiger partial charge >= 0.3 is 6.18 Å². The lowest BCUT2D eigenvalue weighted by molar-refractivity contribution is -0.141. The molecule has 0 atom stereocenters.